The lowest BCUT2D eigenvalue weighted by atomic mass is 10.2. The molecule has 6 nitrogen and oxygen atoms in total. The Morgan fingerprint density at radius 2 is 2.41 bits per heavy atom. The van der Waals surface area contributed by atoms with Crippen LogP contribution < -0.4 is 10.1 Å². The second-order valence-corrected chi connectivity index (χ2v) is 3.91. The molecular formula is C10H11BrN4O2. The van der Waals surface area contributed by atoms with Gasteiger partial charge in [0.25, 0.3) is 5.91 Å². The van der Waals surface area contributed by atoms with Gasteiger partial charge in [-0.2, -0.15) is 0 Å². The Balaban J connectivity index is 2.70. The van der Waals surface area contributed by atoms with Gasteiger partial charge in [0, 0.05) is 22.5 Å². The molecule has 0 aromatic heterocycles. The Kier molecular flexibility index (Phi) is 5.32. The Hall–Kier alpha value is -1.72. The molecule has 1 aromatic carbocycles. The smallest absolute Gasteiger partial charge is 0.252 e. The van der Waals surface area contributed by atoms with Gasteiger partial charge in [-0.3, -0.25) is 4.79 Å². The predicted octanol–water partition coefficient (Wildman–Crippen LogP) is 2.50. The molecule has 17 heavy (non-hydrogen) atoms. The molecule has 0 unspecified atom stereocenters. The SMILES string of the molecule is COc1ccc(Br)c(C(=O)NCCN=[N+]=[N-])c1. The number of benzene rings is 1. The molecule has 0 aliphatic heterocycles. The van der Waals surface area contributed by atoms with Gasteiger partial charge in [-0.05, 0) is 39.7 Å². The number of amides is 1. The number of carbonyl (C=O) groups is 1. The number of carbonyl (C=O) groups excluding carboxylic acids is 1. The summed E-state index contributed by atoms with van der Waals surface area (Å²) >= 11 is 3.28. The van der Waals surface area contributed by atoms with E-state index in [0.717, 1.165) is 0 Å². The lowest BCUT2D eigenvalue weighted by molar-refractivity contribution is 0.0953. The first-order valence-electron chi connectivity index (χ1n) is 4.81. The van der Waals surface area contributed by atoms with E-state index >= 15 is 0 Å². The quantitative estimate of drug-likeness (QED) is 0.392. The van der Waals surface area contributed by atoms with Crippen LogP contribution in [0.25, 0.3) is 10.4 Å². The van der Waals surface area contributed by atoms with E-state index < -0.39 is 0 Å². The van der Waals surface area contributed by atoms with E-state index in [2.05, 4.69) is 31.3 Å². The zero-order valence-electron chi connectivity index (χ0n) is 9.18. The van der Waals surface area contributed by atoms with E-state index in [1.165, 1.54) is 7.11 Å². The van der Waals surface area contributed by atoms with Crippen LogP contribution in [0, 0.1) is 0 Å². The summed E-state index contributed by atoms with van der Waals surface area (Å²) in [5.41, 5.74) is 8.56. The molecule has 0 fully saturated rings. The van der Waals surface area contributed by atoms with Crippen molar-refractivity contribution in [3.8, 4) is 5.75 Å². The number of azide groups is 1. The minimum atomic E-state index is -0.246. The Morgan fingerprint density at radius 3 is 3.06 bits per heavy atom. The Labute approximate surface area is 107 Å². The highest BCUT2D eigenvalue weighted by Crippen LogP contribution is 2.22. The van der Waals surface area contributed by atoms with Gasteiger partial charge in [-0.15, -0.1) is 0 Å². The molecule has 0 saturated heterocycles. The van der Waals surface area contributed by atoms with Gasteiger partial charge < -0.3 is 10.1 Å². The molecule has 1 aromatic rings. The van der Waals surface area contributed by atoms with Crippen molar-refractivity contribution in [2.45, 2.75) is 0 Å². The number of nitrogens with one attached hydrogen (secondary N) is 1. The van der Waals surface area contributed by atoms with E-state index in [1.807, 2.05) is 0 Å². The highest BCUT2D eigenvalue weighted by atomic mass is 79.9. The molecule has 0 radical (unpaired) electrons. The molecule has 0 aliphatic carbocycles. The Morgan fingerprint density at radius 1 is 1.65 bits per heavy atom. The summed E-state index contributed by atoms with van der Waals surface area (Å²) in [6.45, 7) is 0.524. The van der Waals surface area contributed by atoms with Crippen molar-refractivity contribution in [1.82, 2.24) is 5.32 Å². The van der Waals surface area contributed by atoms with Crippen molar-refractivity contribution in [1.29, 1.82) is 0 Å². The van der Waals surface area contributed by atoms with Crippen LogP contribution >= 0.6 is 15.9 Å². The maximum absolute atomic E-state index is 11.8. The van der Waals surface area contributed by atoms with Crippen molar-refractivity contribution in [2.24, 2.45) is 5.11 Å². The van der Waals surface area contributed by atoms with E-state index in [9.17, 15) is 4.79 Å². The van der Waals surface area contributed by atoms with Crippen LogP contribution in [0.1, 0.15) is 10.4 Å². The molecule has 0 atom stereocenters. The molecule has 0 heterocycles. The van der Waals surface area contributed by atoms with E-state index in [0.29, 0.717) is 22.3 Å². The molecule has 1 amide bonds. The summed E-state index contributed by atoms with van der Waals surface area (Å²) in [7, 11) is 1.53. The molecule has 0 aliphatic rings. The molecule has 1 N–H and O–H groups in total. The van der Waals surface area contributed by atoms with Crippen LogP contribution in [-0.2, 0) is 0 Å². The van der Waals surface area contributed by atoms with Gasteiger partial charge in [0.05, 0.1) is 12.7 Å². The number of methoxy groups -OCH3 is 1. The number of rotatable bonds is 5. The first-order valence-corrected chi connectivity index (χ1v) is 5.61. The molecular weight excluding hydrogens is 288 g/mol. The third-order valence-corrected chi connectivity index (χ3v) is 2.67. The number of ether oxygens (including phenoxy) is 1. The van der Waals surface area contributed by atoms with Gasteiger partial charge in [0.1, 0.15) is 5.75 Å². The zero-order valence-corrected chi connectivity index (χ0v) is 10.8. The third kappa shape index (κ3) is 3.97. The van der Waals surface area contributed by atoms with Crippen LogP contribution in [-0.4, -0.2) is 26.1 Å². The molecule has 1 rings (SSSR count). The molecule has 90 valence electrons. The third-order valence-electron chi connectivity index (χ3n) is 1.98. The minimum Gasteiger partial charge on any atom is -0.497 e. The van der Waals surface area contributed by atoms with Gasteiger partial charge in [0.2, 0.25) is 0 Å². The van der Waals surface area contributed by atoms with E-state index in [1.54, 1.807) is 18.2 Å². The fourth-order valence-corrected chi connectivity index (χ4v) is 1.59. The summed E-state index contributed by atoms with van der Waals surface area (Å²) in [6.07, 6.45) is 0. The Bertz CT molecular complexity index is 458. The predicted molar refractivity (Wildman–Crippen MR) is 67.0 cm³/mol. The van der Waals surface area contributed by atoms with Gasteiger partial charge in [0.15, 0.2) is 0 Å². The molecule has 0 spiro atoms. The number of halogens is 1. The van der Waals surface area contributed by atoms with Crippen LogP contribution in [0.4, 0.5) is 0 Å². The molecule has 7 heteroatoms. The van der Waals surface area contributed by atoms with Crippen LogP contribution in [0.5, 0.6) is 5.75 Å². The number of hydrogen-bond donors (Lipinski definition) is 1. The van der Waals surface area contributed by atoms with Gasteiger partial charge in [-0.25, -0.2) is 0 Å². The minimum absolute atomic E-state index is 0.226. The fraction of sp³-hybridized carbons (Fsp3) is 0.300. The highest BCUT2D eigenvalue weighted by Gasteiger charge is 2.10. The first kappa shape index (κ1) is 13.3. The maximum Gasteiger partial charge on any atom is 0.252 e. The standard InChI is InChI=1S/C10H11BrN4O2/c1-17-7-2-3-9(11)8(6-7)10(16)13-4-5-14-15-12/h2-3,6H,4-5H2,1H3,(H,13,16). The first-order chi connectivity index (χ1) is 8.19. The van der Waals surface area contributed by atoms with E-state index in [-0.39, 0.29) is 12.5 Å². The van der Waals surface area contributed by atoms with Gasteiger partial charge >= 0.3 is 0 Å². The lowest BCUT2D eigenvalue weighted by Crippen LogP contribution is -2.26. The second kappa shape index (κ2) is 6.78. The van der Waals surface area contributed by atoms with Crippen molar-refractivity contribution < 1.29 is 9.53 Å². The number of hydrogen-bond acceptors (Lipinski definition) is 3. The number of nitrogens with zero attached hydrogens (tertiary/aromatic N) is 3. The van der Waals surface area contributed by atoms with Crippen molar-refractivity contribution in [2.75, 3.05) is 20.2 Å². The van der Waals surface area contributed by atoms with Crippen molar-refractivity contribution in [3.63, 3.8) is 0 Å². The zero-order chi connectivity index (χ0) is 12.7. The summed E-state index contributed by atoms with van der Waals surface area (Å²) < 4.78 is 5.72. The van der Waals surface area contributed by atoms with Crippen molar-refractivity contribution >= 4 is 21.8 Å². The largest absolute Gasteiger partial charge is 0.497 e. The monoisotopic (exact) mass is 298 g/mol. The maximum atomic E-state index is 11.8. The van der Waals surface area contributed by atoms with Crippen LogP contribution in [0.3, 0.4) is 0 Å². The van der Waals surface area contributed by atoms with Crippen molar-refractivity contribution in [3.05, 3.63) is 38.7 Å². The highest BCUT2D eigenvalue weighted by molar-refractivity contribution is 9.10. The lowest BCUT2D eigenvalue weighted by Gasteiger charge is -2.07. The van der Waals surface area contributed by atoms with Gasteiger partial charge in [-0.1, -0.05) is 5.11 Å². The summed E-state index contributed by atoms with van der Waals surface area (Å²) in [4.78, 5) is 14.4. The average molecular weight is 299 g/mol. The normalized spacial score (nSPS) is 9.29. The summed E-state index contributed by atoms with van der Waals surface area (Å²) in [5, 5.41) is 5.96. The topological polar surface area (TPSA) is 87.1 Å². The molecule has 0 saturated carbocycles. The summed E-state index contributed by atoms with van der Waals surface area (Å²) in [6, 6.07) is 5.12. The second-order valence-electron chi connectivity index (χ2n) is 3.06. The average Bonchev–Trinajstić information content (AvgIpc) is 2.35. The summed E-state index contributed by atoms with van der Waals surface area (Å²) in [5.74, 6) is 0.359. The van der Waals surface area contributed by atoms with Crippen LogP contribution in [0.15, 0.2) is 27.8 Å². The van der Waals surface area contributed by atoms with E-state index in [4.69, 9.17) is 10.3 Å². The molecule has 0 bridgehead atoms. The fourth-order valence-electron chi connectivity index (χ4n) is 1.16. The van der Waals surface area contributed by atoms with Crippen LogP contribution in [0.2, 0.25) is 0 Å².